The van der Waals surface area contributed by atoms with E-state index in [0.29, 0.717) is 18.4 Å². The Hall–Kier alpha value is -1.87. The zero-order valence-corrected chi connectivity index (χ0v) is 18.5. The first-order valence-corrected chi connectivity index (χ1v) is 11.2. The maximum absolute atomic E-state index is 13.8. The first kappa shape index (κ1) is 21.8. The highest BCUT2D eigenvalue weighted by atomic mass is 19.1. The number of rotatable bonds is 8. The summed E-state index contributed by atoms with van der Waals surface area (Å²) in [6.07, 6.45) is 4.63. The Morgan fingerprint density at radius 2 is 1.86 bits per heavy atom. The Balaban J connectivity index is 1.54. The van der Waals surface area contributed by atoms with Crippen LogP contribution in [-0.4, -0.2) is 30.6 Å². The van der Waals surface area contributed by atoms with Crippen molar-refractivity contribution in [3.05, 3.63) is 65.0 Å². The molecule has 2 aromatic rings. The van der Waals surface area contributed by atoms with E-state index in [1.807, 2.05) is 6.07 Å². The van der Waals surface area contributed by atoms with Crippen molar-refractivity contribution in [2.75, 3.05) is 19.7 Å². The minimum absolute atomic E-state index is 0.226. The van der Waals surface area contributed by atoms with Gasteiger partial charge in [-0.25, -0.2) is 4.39 Å². The fourth-order valence-corrected chi connectivity index (χ4v) is 4.27. The van der Waals surface area contributed by atoms with Crippen LogP contribution in [-0.2, 0) is 12.8 Å². The fourth-order valence-electron chi connectivity index (χ4n) is 4.27. The fraction of sp³-hybridized carbons (Fsp3) is 0.538. The number of likely N-dealkylation sites (tertiary alicyclic amines) is 1. The molecule has 1 heterocycles. The van der Waals surface area contributed by atoms with E-state index in [1.54, 1.807) is 6.07 Å². The molecule has 2 aromatic carbocycles. The summed E-state index contributed by atoms with van der Waals surface area (Å²) in [4.78, 5) is 2.61. The highest BCUT2D eigenvalue weighted by Gasteiger charge is 2.21. The van der Waals surface area contributed by atoms with Gasteiger partial charge >= 0.3 is 0 Å². The smallest absolute Gasteiger partial charge is 0.127 e. The molecule has 3 heteroatoms. The Morgan fingerprint density at radius 3 is 2.62 bits per heavy atom. The Labute approximate surface area is 176 Å². The summed E-state index contributed by atoms with van der Waals surface area (Å²) in [6, 6.07) is 14.6. The Morgan fingerprint density at radius 1 is 1.07 bits per heavy atom. The quantitative estimate of drug-likeness (QED) is 0.523. The van der Waals surface area contributed by atoms with Crippen molar-refractivity contribution >= 4 is 0 Å². The molecular formula is C26H36FNO. The standard InChI is InChI=1S/C26H36FNO/c1-19(2)24-15-25(27)17-26(16-24)29-12-10-21-7-5-8-22(13-21)14-23-9-6-11-28(18-23)20(3)4/h5,7-8,13,15-17,19-20,23H,6,9-12,14,18H2,1-4H3. The molecule has 1 unspecified atom stereocenters. The third-order valence-electron chi connectivity index (χ3n) is 6.02. The normalized spacial score (nSPS) is 17.8. The van der Waals surface area contributed by atoms with Crippen molar-refractivity contribution in [3.63, 3.8) is 0 Å². The van der Waals surface area contributed by atoms with E-state index in [2.05, 4.69) is 56.9 Å². The van der Waals surface area contributed by atoms with E-state index in [1.165, 1.54) is 43.1 Å². The lowest BCUT2D eigenvalue weighted by Gasteiger charge is -2.35. The third-order valence-corrected chi connectivity index (χ3v) is 6.02. The number of benzene rings is 2. The van der Waals surface area contributed by atoms with E-state index < -0.39 is 0 Å². The maximum Gasteiger partial charge on any atom is 0.127 e. The van der Waals surface area contributed by atoms with Gasteiger partial charge in [0.25, 0.3) is 0 Å². The van der Waals surface area contributed by atoms with Gasteiger partial charge in [-0.1, -0.05) is 38.1 Å². The summed E-state index contributed by atoms with van der Waals surface area (Å²) in [6.45, 7) is 11.7. The molecule has 3 rings (SSSR count). The highest BCUT2D eigenvalue weighted by molar-refractivity contribution is 5.31. The summed E-state index contributed by atoms with van der Waals surface area (Å²) in [7, 11) is 0. The van der Waals surface area contributed by atoms with Crippen molar-refractivity contribution in [1.82, 2.24) is 4.90 Å². The molecule has 0 aromatic heterocycles. The maximum atomic E-state index is 13.8. The molecule has 0 radical (unpaired) electrons. The number of hydrogen-bond acceptors (Lipinski definition) is 2. The van der Waals surface area contributed by atoms with Gasteiger partial charge in [-0.15, -0.1) is 0 Å². The molecule has 158 valence electrons. The topological polar surface area (TPSA) is 12.5 Å². The lowest BCUT2D eigenvalue weighted by atomic mass is 9.90. The number of hydrogen-bond donors (Lipinski definition) is 0. The van der Waals surface area contributed by atoms with Gasteiger partial charge in [0.05, 0.1) is 6.61 Å². The van der Waals surface area contributed by atoms with Gasteiger partial charge in [-0.3, -0.25) is 0 Å². The van der Waals surface area contributed by atoms with Gasteiger partial charge in [0.1, 0.15) is 11.6 Å². The van der Waals surface area contributed by atoms with Crippen LogP contribution in [0.15, 0.2) is 42.5 Å². The molecule has 2 nitrogen and oxygen atoms in total. The number of nitrogens with zero attached hydrogens (tertiary/aromatic N) is 1. The molecule has 0 saturated carbocycles. The Kier molecular flexibility index (Phi) is 7.71. The molecular weight excluding hydrogens is 361 g/mol. The van der Waals surface area contributed by atoms with Crippen LogP contribution in [0.25, 0.3) is 0 Å². The van der Waals surface area contributed by atoms with Crippen LogP contribution >= 0.6 is 0 Å². The van der Waals surface area contributed by atoms with Crippen molar-refractivity contribution in [3.8, 4) is 5.75 Å². The summed E-state index contributed by atoms with van der Waals surface area (Å²) >= 11 is 0. The second-order valence-electron chi connectivity index (χ2n) is 9.09. The molecule has 1 aliphatic heterocycles. The zero-order chi connectivity index (χ0) is 20.8. The SMILES string of the molecule is CC(C)c1cc(F)cc(OCCc2cccc(CC3CCCN(C(C)C)C3)c2)c1. The molecule has 0 amide bonds. The van der Waals surface area contributed by atoms with E-state index in [9.17, 15) is 4.39 Å². The van der Waals surface area contributed by atoms with Crippen LogP contribution in [0.4, 0.5) is 4.39 Å². The van der Waals surface area contributed by atoms with Crippen molar-refractivity contribution in [2.24, 2.45) is 5.92 Å². The second-order valence-corrected chi connectivity index (χ2v) is 9.09. The largest absolute Gasteiger partial charge is 0.493 e. The predicted octanol–water partition coefficient (Wildman–Crippen LogP) is 6.23. The zero-order valence-electron chi connectivity index (χ0n) is 18.5. The molecule has 1 aliphatic rings. The van der Waals surface area contributed by atoms with Crippen LogP contribution in [0.5, 0.6) is 5.75 Å². The van der Waals surface area contributed by atoms with Crippen molar-refractivity contribution in [2.45, 2.75) is 65.3 Å². The summed E-state index contributed by atoms with van der Waals surface area (Å²) in [5.41, 5.74) is 3.69. The van der Waals surface area contributed by atoms with E-state index in [0.717, 1.165) is 24.3 Å². The molecule has 1 fully saturated rings. The van der Waals surface area contributed by atoms with Crippen LogP contribution in [0.3, 0.4) is 0 Å². The van der Waals surface area contributed by atoms with Gasteiger partial charge in [0.2, 0.25) is 0 Å². The summed E-state index contributed by atoms with van der Waals surface area (Å²) < 4.78 is 19.7. The molecule has 1 atom stereocenters. The van der Waals surface area contributed by atoms with Crippen molar-refractivity contribution < 1.29 is 9.13 Å². The van der Waals surface area contributed by atoms with Gasteiger partial charge in [-0.2, -0.15) is 0 Å². The van der Waals surface area contributed by atoms with Crippen LogP contribution in [0.1, 0.15) is 63.1 Å². The number of ether oxygens (including phenoxy) is 1. The average Bonchev–Trinajstić information content (AvgIpc) is 2.68. The van der Waals surface area contributed by atoms with Crippen LogP contribution < -0.4 is 4.74 Å². The summed E-state index contributed by atoms with van der Waals surface area (Å²) in [5, 5.41) is 0. The van der Waals surface area contributed by atoms with Crippen LogP contribution in [0, 0.1) is 11.7 Å². The van der Waals surface area contributed by atoms with Crippen molar-refractivity contribution in [1.29, 1.82) is 0 Å². The molecule has 1 saturated heterocycles. The number of piperidine rings is 1. The van der Waals surface area contributed by atoms with E-state index >= 15 is 0 Å². The molecule has 29 heavy (non-hydrogen) atoms. The third kappa shape index (κ3) is 6.57. The minimum atomic E-state index is -0.226. The predicted molar refractivity (Wildman–Crippen MR) is 119 cm³/mol. The average molecular weight is 398 g/mol. The van der Waals surface area contributed by atoms with E-state index in [-0.39, 0.29) is 11.7 Å². The van der Waals surface area contributed by atoms with Gasteiger partial charge < -0.3 is 9.64 Å². The second kappa shape index (κ2) is 10.2. The first-order valence-electron chi connectivity index (χ1n) is 11.2. The molecule has 0 aliphatic carbocycles. The van der Waals surface area contributed by atoms with Gasteiger partial charge in [0, 0.05) is 25.1 Å². The summed E-state index contributed by atoms with van der Waals surface area (Å²) in [5.74, 6) is 1.44. The van der Waals surface area contributed by atoms with Gasteiger partial charge in [0.15, 0.2) is 0 Å². The minimum Gasteiger partial charge on any atom is -0.493 e. The molecule has 0 spiro atoms. The molecule has 0 N–H and O–H groups in total. The lowest BCUT2D eigenvalue weighted by Crippen LogP contribution is -2.40. The highest BCUT2D eigenvalue weighted by Crippen LogP contribution is 2.24. The monoisotopic (exact) mass is 397 g/mol. The van der Waals surface area contributed by atoms with E-state index in [4.69, 9.17) is 4.74 Å². The lowest BCUT2D eigenvalue weighted by molar-refractivity contribution is 0.139. The van der Waals surface area contributed by atoms with Gasteiger partial charge in [-0.05, 0) is 80.3 Å². The van der Waals surface area contributed by atoms with Crippen LogP contribution in [0.2, 0.25) is 0 Å². The Bertz CT molecular complexity index is 786. The number of halogens is 1. The first-order chi connectivity index (χ1) is 13.9. The molecule has 0 bridgehead atoms.